The molecule has 2 aliphatic rings. The summed E-state index contributed by atoms with van der Waals surface area (Å²) in [5, 5.41) is 3.35. The zero-order valence-corrected chi connectivity index (χ0v) is 15.7. The molecule has 140 valence electrons. The van der Waals surface area contributed by atoms with Crippen molar-refractivity contribution in [3.63, 3.8) is 0 Å². The van der Waals surface area contributed by atoms with Crippen molar-refractivity contribution in [2.24, 2.45) is 0 Å². The standard InChI is InChI=1S/C22H26N4O/c27-22(26-14-6-10-18-9-4-5-11-20(18)26)19-15-21(25-16-24-19)23-13-12-17-7-2-1-3-8-17/h4-5,7,9,11,15-16H,1-3,6,8,10,12-14H2,(H,23,24,25). The van der Waals surface area contributed by atoms with Gasteiger partial charge in [0.1, 0.15) is 17.8 Å². The molecule has 1 N–H and O–H groups in total. The van der Waals surface area contributed by atoms with E-state index < -0.39 is 0 Å². The highest BCUT2D eigenvalue weighted by atomic mass is 16.2. The van der Waals surface area contributed by atoms with E-state index in [1.807, 2.05) is 23.1 Å². The first-order valence-electron chi connectivity index (χ1n) is 9.95. The van der Waals surface area contributed by atoms with Gasteiger partial charge >= 0.3 is 0 Å². The summed E-state index contributed by atoms with van der Waals surface area (Å²) >= 11 is 0. The van der Waals surface area contributed by atoms with E-state index in [1.165, 1.54) is 43.1 Å². The molecule has 1 aromatic carbocycles. The molecular weight excluding hydrogens is 336 g/mol. The molecule has 0 saturated heterocycles. The highest BCUT2D eigenvalue weighted by molar-refractivity contribution is 6.05. The van der Waals surface area contributed by atoms with Gasteiger partial charge < -0.3 is 10.2 Å². The first-order chi connectivity index (χ1) is 13.3. The summed E-state index contributed by atoms with van der Waals surface area (Å²) in [4.78, 5) is 23.4. The third-order valence-corrected chi connectivity index (χ3v) is 5.38. The number of benzene rings is 1. The van der Waals surface area contributed by atoms with E-state index in [0.717, 1.165) is 43.9 Å². The first-order valence-corrected chi connectivity index (χ1v) is 9.95. The van der Waals surface area contributed by atoms with Crippen molar-refractivity contribution < 1.29 is 4.79 Å². The van der Waals surface area contributed by atoms with Crippen molar-refractivity contribution in [1.29, 1.82) is 0 Å². The van der Waals surface area contributed by atoms with Crippen LogP contribution in [0.3, 0.4) is 0 Å². The van der Waals surface area contributed by atoms with Crippen molar-refractivity contribution in [1.82, 2.24) is 9.97 Å². The molecule has 2 heterocycles. The van der Waals surface area contributed by atoms with Crippen molar-refractivity contribution >= 4 is 17.4 Å². The molecule has 0 fully saturated rings. The van der Waals surface area contributed by atoms with Crippen LogP contribution in [0, 0.1) is 0 Å². The molecule has 1 amide bonds. The number of anilines is 2. The monoisotopic (exact) mass is 362 g/mol. The summed E-state index contributed by atoms with van der Waals surface area (Å²) in [6, 6.07) is 9.90. The lowest BCUT2D eigenvalue weighted by molar-refractivity contribution is 0.0980. The molecule has 1 aromatic heterocycles. The van der Waals surface area contributed by atoms with Crippen molar-refractivity contribution in [3.8, 4) is 0 Å². The SMILES string of the molecule is O=C(c1cc(NCCC2=CCCCC2)ncn1)N1CCCc2ccccc21. The number of carbonyl (C=O) groups excluding carboxylic acids is 1. The number of amides is 1. The van der Waals surface area contributed by atoms with E-state index in [-0.39, 0.29) is 5.91 Å². The molecule has 0 bridgehead atoms. The molecule has 1 aliphatic heterocycles. The molecule has 5 heteroatoms. The molecule has 0 saturated carbocycles. The van der Waals surface area contributed by atoms with Crippen LogP contribution in [0.25, 0.3) is 0 Å². The molecule has 1 aliphatic carbocycles. The summed E-state index contributed by atoms with van der Waals surface area (Å²) < 4.78 is 0. The average molecular weight is 362 g/mol. The van der Waals surface area contributed by atoms with Gasteiger partial charge in [-0.15, -0.1) is 0 Å². The zero-order chi connectivity index (χ0) is 18.5. The predicted molar refractivity (Wildman–Crippen MR) is 108 cm³/mol. The Labute approximate surface area is 160 Å². The van der Waals surface area contributed by atoms with E-state index in [2.05, 4.69) is 27.4 Å². The Morgan fingerprint density at radius 1 is 1.11 bits per heavy atom. The topological polar surface area (TPSA) is 58.1 Å². The van der Waals surface area contributed by atoms with E-state index in [9.17, 15) is 4.79 Å². The minimum absolute atomic E-state index is 0.0532. The second-order valence-electron chi connectivity index (χ2n) is 7.26. The van der Waals surface area contributed by atoms with Gasteiger partial charge in [-0.25, -0.2) is 9.97 Å². The van der Waals surface area contributed by atoms with Gasteiger partial charge in [0.15, 0.2) is 0 Å². The van der Waals surface area contributed by atoms with Crippen molar-refractivity contribution in [2.45, 2.75) is 44.9 Å². The second kappa shape index (κ2) is 8.33. The van der Waals surface area contributed by atoms with Crippen LogP contribution < -0.4 is 10.2 Å². The number of hydrogen-bond donors (Lipinski definition) is 1. The van der Waals surface area contributed by atoms with Gasteiger partial charge in [0.25, 0.3) is 5.91 Å². The molecule has 2 aromatic rings. The fourth-order valence-electron chi connectivity index (χ4n) is 3.94. The van der Waals surface area contributed by atoms with Gasteiger partial charge in [0.05, 0.1) is 0 Å². The van der Waals surface area contributed by atoms with E-state index >= 15 is 0 Å². The van der Waals surface area contributed by atoms with Crippen LogP contribution >= 0.6 is 0 Å². The first kappa shape index (κ1) is 17.7. The van der Waals surface area contributed by atoms with Gasteiger partial charge in [-0.2, -0.15) is 0 Å². The highest BCUT2D eigenvalue weighted by Gasteiger charge is 2.24. The van der Waals surface area contributed by atoms with Crippen LogP contribution in [0.5, 0.6) is 0 Å². The van der Waals surface area contributed by atoms with Gasteiger partial charge in [0.2, 0.25) is 0 Å². The van der Waals surface area contributed by atoms with Crippen LogP contribution in [-0.2, 0) is 6.42 Å². The largest absolute Gasteiger partial charge is 0.370 e. The molecule has 0 unspecified atom stereocenters. The van der Waals surface area contributed by atoms with Crippen LogP contribution in [0.15, 0.2) is 48.3 Å². The minimum Gasteiger partial charge on any atom is -0.370 e. The molecule has 27 heavy (non-hydrogen) atoms. The highest BCUT2D eigenvalue weighted by Crippen LogP contribution is 2.28. The van der Waals surface area contributed by atoms with Crippen LogP contribution in [0.2, 0.25) is 0 Å². The number of nitrogens with one attached hydrogen (secondary N) is 1. The lowest BCUT2D eigenvalue weighted by Gasteiger charge is -2.29. The van der Waals surface area contributed by atoms with E-state index in [4.69, 9.17) is 0 Å². The number of aromatic nitrogens is 2. The van der Waals surface area contributed by atoms with Crippen LogP contribution in [-0.4, -0.2) is 29.0 Å². The van der Waals surface area contributed by atoms with Crippen molar-refractivity contribution in [3.05, 3.63) is 59.6 Å². The Balaban J connectivity index is 1.43. The Kier molecular flexibility index (Phi) is 5.47. The quantitative estimate of drug-likeness (QED) is 0.802. The lowest BCUT2D eigenvalue weighted by Crippen LogP contribution is -2.36. The van der Waals surface area contributed by atoms with Crippen LogP contribution in [0.1, 0.15) is 54.6 Å². The molecule has 0 atom stereocenters. The van der Waals surface area contributed by atoms with Crippen LogP contribution in [0.4, 0.5) is 11.5 Å². The third kappa shape index (κ3) is 4.18. The maximum atomic E-state index is 13.0. The number of allylic oxidation sites excluding steroid dienone is 1. The summed E-state index contributed by atoms with van der Waals surface area (Å²) in [5.41, 5.74) is 4.21. The number of para-hydroxylation sites is 1. The molecular formula is C22H26N4O. The van der Waals surface area contributed by atoms with E-state index in [0.29, 0.717) is 5.69 Å². The summed E-state index contributed by atoms with van der Waals surface area (Å²) in [7, 11) is 0. The van der Waals surface area contributed by atoms with Gasteiger partial charge in [-0.3, -0.25) is 4.79 Å². The summed E-state index contributed by atoms with van der Waals surface area (Å²) in [6.07, 6.45) is 11.9. The van der Waals surface area contributed by atoms with Gasteiger partial charge in [-0.05, 0) is 56.6 Å². The number of aryl methyl sites for hydroxylation is 1. The molecule has 5 nitrogen and oxygen atoms in total. The van der Waals surface area contributed by atoms with Gasteiger partial charge in [0, 0.05) is 24.8 Å². The van der Waals surface area contributed by atoms with E-state index in [1.54, 1.807) is 6.07 Å². The number of carbonyl (C=O) groups is 1. The normalized spacial score (nSPS) is 16.4. The lowest BCUT2D eigenvalue weighted by atomic mass is 9.97. The number of nitrogens with zero attached hydrogens (tertiary/aromatic N) is 3. The smallest absolute Gasteiger partial charge is 0.277 e. The average Bonchev–Trinajstić information content (AvgIpc) is 2.74. The summed E-state index contributed by atoms with van der Waals surface area (Å²) in [6.45, 7) is 1.57. The van der Waals surface area contributed by atoms with Gasteiger partial charge in [-0.1, -0.05) is 29.8 Å². The fraction of sp³-hybridized carbons (Fsp3) is 0.409. The summed E-state index contributed by atoms with van der Waals surface area (Å²) in [5.74, 6) is 0.664. The minimum atomic E-state index is -0.0532. The molecule has 0 radical (unpaired) electrons. The Morgan fingerprint density at radius 3 is 2.93 bits per heavy atom. The molecule has 0 spiro atoms. The molecule has 4 rings (SSSR count). The maximum absolute atomic E-state index is 13.0. The zero-order valence-electron chi connectivity index (χ0n) is 15.7. The Bertz CT molecular complexity index is 846. The predicted octanol–water partition coefficient (Wildman–Crippen LogP) is 4.37. The Hall–Kier alpha value is -2.69. The number of rotatable bonds is 5. The fourth-order valence-corrected chi connectivity index (χ4v) is 3.94. The number of fused-ring (bicyclic) bond motifs is 1. The van der Waals surface area contributed by atoms with Crippen molar-refractivity contribution in [2.75, 3.05) is 23.3 Å². The second-order valence-corrected chi connectivity index (χ2v) is 7.26. The maximum Gasteiger partial charge on any atom is 0.277 e. The third-order valence-electron chi connectivity index (χ3n) is 5.38. The Morgan fingerprint density at radius 2 is 2.04 bits per heavy atom. The number of hydrogen-bond acceptors (Lipinski definition) is 4.